The summed E-state index contributed by atoms with van der Waals surface area (Å²) in [4.78, 5) is 14.1. The number of nitrogens with one attached hydrogen (secondary N) is 1. The monoisotopic (exact) mass is 388 g/mol. The summed E-state index contributed by atoms with van der Waals surface area (Å²) >= 11 is 0. The number of hydrogen-bond donors (Lipinski definition) is 1. The van der Waals surface area contributed by atoms with Crippen molar-refractivity contribution in [3.8, 4) is 11.5 Å². The Morgan fingerprint density at radius 3 is 2.54 bits per heavy atom. The van der Waals surface area contributed by atoms with Crippen LogP contribution in [0.1, 0.15) is 57.1 Å². The maximum absolute atomic E-state index is 11.8. The third kappa shape index (κ3) is 3.66. The summed E-state index contributed by atoms with van der Waals surface area (Å²) in [5, 5.41) is 3.18. The van der Waals surface area contributed by atoms with Crippen LogP contribution in [0.5, 0.6) is 11.5 Å². The summed E-state index contributed by atoms with van der Waals surface area (Å²) in [6.45, 7) is 3.70. The van der Waals surface area contributed by atoms with E-state index >= 15 is 0 Å². The van der Waals surface area contributed by atoms with Crippen molar-refractivity contribution in [1.82, 2.24) is 5.32 Å². The lowest BCUT2D eigenvalue weighted by Gasteiger charge is -2.40. The molecule has 1 aliphatic carbocycles. The molecule has 6 heteroatoms. The first-order chi connectivity index (χ1) is 13.6. The van der Waals surface area contributed by atoms with E-state index in [0.29, 0.717) is 5.92 Å². The highest BCUT2D eigenvalue weighted by Crippen LogP contribution is 2.47. The standard InChI is InChI=1S/C22H32N2O4/c1-14(25)23-17-12-21(28-19-8-6-7-15(17)19)16-11-22(27-3)18(13-20(16)26-2)24-9-4-5-10-24/h11,13,15,17,19,21H,4-10,12H2,1-3H3,(H,23,25)/t15-,17+,19+,21+/m0/s1. The molecular formula is C22H32N2O4. The number of benzene rings is 1. The molecule has 1 aromatic carbocycles. The SMILES string of the molecule is COc1cc(N2CCCC2)c(OC)cc1[C@H]1C[C@@H](NC(C)=O)[C@@H]2CCC[C@H]2O1. The largest absolute Gasteiger partial charge is 0.496 e. The number of carbonyl (C=O) groups excluding carboxylic acids is 1. The van der Waals surface area contributed by atoms with E-state index in [-0.39, 0.29) is 24.2 Å². The summed E-state index contributed by atoms with van der Waals surface area (Å²) in [6, 6.07) is 4.33. The first-order valence-corrected chi connectivity index (χ1v) is 10.5. The van der Waals surface area contributed by atoms with Crippen molar-refractivity contribution in [2.45, 2.75) is 63.7 Å². The van der Waals surface area contributed by atoms with E-state index in [9.17, 15) is 4.79 Å². The van der Waals surface area contributed by atoms with E-state index < -0.39 is 0 Å². The quantitative estimate of drug-likeness (QED) is 0.837. The predicted molar refractivity (Wildman–Crippen MR) is 108 cm³/mol. The van der Waals surface area contributed by atoms with Gasteiger partial charge in [0.15, 0.2) is 0 Å². The second-order valence-electron chi connectivity index (χ2n) is 8.26. The molecule has 6 nitrogen and oxygen atoms in total. The summed E-state index contributed by atoms with van der Waals surface area (Å²) in [7, 11) is 3.44. The van der Waals surface area contributed by atoms with Crippen LogP contribution >= 0.6 is 0 Å². The maximum Gasteiger partial charge on any atom is 0.217 e. The Hall–Kier alpha value is -1.95. The average Bonchev–Trinajstić information content (AvgIpc) is 3.38. The van der Waals surface area contributed by atoms with Gasteiger partial charge >= 0.3 is 0 Å². The van der Waals surface area contributed by atoms with E-state index in [4.69, 9.17) is 14.2 Å². The Morgan fingerprint density at radius 2 is 1.86 bits per heavy atom. The van der Waals surface area contributed by atoms with Crippen LogP contribution in [0.3, 0.4) is 0 Å². The van der Waals surface area contributed by atoms with Crippen LogP contribution in [0, 0.1) is 5.92 Å². The van der Waals surface area contributed by atoms with Crippen molar-refractivity contribution in [3.63, 3.8) is 0 Å². The number of rotatable bonds is 5. The third-order valence-electron chi connectivity index (χ3n) is 6.54. The van der Waals surface area contributed by atoms with Crippen molar-refractivity contribution in [2.75, 3.05) is 32.2 Å². The molecule has 3 aliphatic rings. The molecule has 154 valence electrons. The Balaban J connectivity index is 1.66. The van der Waals surface area contributed by atoms with Crippen LogP contribution in [-0.4, -0.2) is 45.4 Å². The Morgan fingerprint density at radius 1 is 1.11 bits per heavy atom. The molecule has 28 heavy (non-hydrogen) atoms. The van der Waals surface area contributed by atoms with E-state index in [1.54, 1.807) is 21.1 Å². The summed E-state index contributed by atoms with van der Waals surface area (Å²) in [5.41, 5.74) is 2.11. The molecule has 0 spiro atoms. The Labute approximate surface area is 167 Å². The van der Waals surface area contributed by atoms with Gasteiger partial charge in [-0.1, -0.05) is 6.42 Å². The minimum Gasteiger partial charge on any atom is -0.496 e. The molecule has 4 rings (SSSR count). The van der Waals surface area contributed by atoms with Gasteiger partial charge in [-0.15, -0.1) is 0 Å². The zero-order valence-electron chi connectivity index (χ0n) is 17.2. The molecule has 2 aliphatic heterocycles. The molecule has 3 fully saturated rings. The summed E-state index contributed by atoms with van der Waals surface area (Å²) in [5.74, 6) is 2.15. The highest BCUT2D eigenvalue weighted by atomic mass is 16.5. The topological polar surface area (TPSA) is 60.0 Å². The van der Waals surface area contributed by atoms with Gasteiger partial charge in [0.25, 0.3) is 0 Å². The van der Waals surface area contributed by atoms with Gasteiger partial charge in [-0.2, -0.15) is 0 Å². The van der Waals surface area contributed by atoms with Gasteiger partial charge in [0.05, 0.1) is 32.1 Å². The third-order valence-corrected chi connectivity index (χ3v) is 6.54. The lowest BCUT2D eigenvalue weighted by Crippen LogP contribution is -2.47. The minimum absolute atomic E-state index is 0.0326. The van der Waals surface area contributed by atoms with E-state index in [2.05, 4.69) is 22.3 Å². The summed E-state index contributed by atoms with van der Waals surface area (Å²) < 4.78 is 18.0. The zero-order chi connectivity index (χ0) is 19.7. The number of anilines is 1. The average molecular weight is 389 g/mol. The lowest BCUT2D eigenvalue weighted by molar-refractivity contribution is -0.124. The molecule has 0 radical (unpaired) electrons. The number of ether oxygens (including phenoxy) is 3. The maximum atomic E-state index is 11.8. The molecule has 0 aromatic heterocycles. The Bertz CT molecular complexity index is 717. The van der Waals surface area contributed by atoms with E-state index in [0.717, 1.165) is 61.5 Å². The molecule has 1 N–H and O–H groups in total. The molecule has 2 heterocycles. The van der Waals surface area contributed by atoms with Crippen LogP contribution < -0.4 is 19.7 Å². The number of hydrogen-bond acceptors (Lipinski definition) is 5. The number of nitrogens with zero attached hydrogens (tertiary/aromatic N) is 1. The van der Waals surface area contributed by atoms with Crippen LogP contribution in [-0.2, 0) is 9.53 Å². The van der Waals surface area contributed by atoms with Gasteiger partial charge in [-0.25, -0.2) is 0 Å². The Kier molecular flexibility index (Phi) is 5.67. The van der Waals surface area contributed by atoms with Gasteiger partial charge in [0.1, 0.15) is 11.5 Å². The number of carbonyl (C=O) groups is 1. The smallest absolute Gasteiger partial charge is 0.217 e. The number of methoxy groups -OCH3 is 2. The van der Waals surface area contributed by atoms with Crippen LogP contribution in [0.4, 0.5) is 5.69 Å². The molecular weight excluding hydrogens is 356 g/mol. The van der Waals surface area contributed by atoms with E-state index in [1.165, 1.54) is 12.8 Å². The van der Waals surface area contributed by atoms with Crippen molar-refractivity contribution in [2.24, 2.45) is 5.92 Å². The minimum atomic E-state index is -0.104. The van der Waals surface area contributed by atoms with Crippen molar-refractivity contribution < 1.29 is 19.0 Å². The molecule has 0 unspecified atom stereocenters. The second kappa shape index (κ2) is 8.19. The predicted octanol–water partition coefficient (Wildman–Crippen LogP) is 3.44. The lowest BCUT2D eigenvalue weighted by atomic mass is 9.86. The van der Waals surface area contributed by atoms with Crippen LogP contribution in [0.2, 0.25) is 0 Å². The second-order valence-corrected chi connectivity index (χ2v) is 8.26. The highest BCUT2D eigenvalue weighted by molar-refractivity contribution is 5.73. The molecule has 1 saturated carbocycles. The zero-order valence-corrected chi connectivity index (χ0v) is 17.2. The highest BCUT2D eigenvalue weighted by Gasteiger charge is 2.43. The van der Waals surface area contributed by atoms with Gasteiger partial charge in [0.2, 0.25) is 5.91 Å². The molecule has 1 amide bonds. The fourth-order valence-corrected chi connectivity index (χ4v) is 5.25. The summed E-state index contributed by atoms with van der Waals surface area (Å²) in [6.07, 6.45) is 6.62. The molecule has 2 saturated heterocycles. The first-order valence-electron chi connectivity index (χ1n) is 10.5. The fourth-order valence-electron chi connectivity index (χ4n) is 5.25. The van der Waals surface area contributed by atoms with Crippen molar-refractivity contribution in [1.29, 1.82) is 0 Å². The van der Waals surface area contributed by atoms with Crippen molar-refractivity contribution in [3.05, 3.63) is 17.7 Å². The molecule has 1 aromatic rings. The van der Waals surface area contributed by atoms with Crippen molar-refractivity contribution >= 4 is 11.6 Å². The number of fused-ring (bicyclic) bond motifs is 1. The van der Waals surface area contributed by atoms with Crippen LogP contribution in [0.25, 0.3) is 0 Å². The van der Waals surface area contributed by atoms with Gasteiger partial charge in [-0.3, -0.25) is 4.79 Å². The normalized spacial score (nSPS) is 29.5. The van der Waals surface area contributed by atoms with Gasteiger partial charge in [0, 0.05) is 43.6 Å². The van der Waals surface area contributed by atoms with Gasteiger partial charge in [-0.05, 0) is 38.2 Å². The van der Waals surface area contributed by atoms with Crippen LogP contribution in [0.15, 0.2) is 12.1 Å². The molecule has 0 bridgehead atoms. The first kappa shape index (κ1) is 19.4. The molecule has 4 atom stereocenters. The number of amides is 1. The van der Waals surface area contributed by atoms with E-state index in [1.807, 2.05) is 0 Å². The fraction of sp³-hybridized carbons (Fsp3) is 0.682. The van der Waals surface area contributed by atoms with Gasteiger partial charge < -0.3 is 24.4 Å².